The second-order valence-electron chi connectivity index (χ2n) is 7.17. The number of hydrogen-bond acceptors (Lipinski definition) is 4. The van der Waals surface area contributed by atoms with Crippen LogP contribution >= 0.6 is 0 Å². The molecule has 6 heteroatoms. The fraction of sp³-hybridized carbons (Fsp3) is 0.611. The van der Waals surface area contributed by atoms with Crippen LogP contribution in [0.25, 0.3) is 0 Å². The van der Waals surface area contributed by atoms with E-state index >= 15 is 0 Å². The summed E-state index contributed by atoms with van der Waals surface area (Å²) >= 11 is 0. The lowest BCUT2D eigenvalue weighted by molar-refractivity contribution is 0.0935. The normalized spacial score (nSPS) is 24.1. The van der Waals surface area contributed by atoms with Crippen LogP contribution in [-0.2, 0) is 9.84 Å². The van der Waals surface area contributed by atoms with E-state index in [0.29, 0.717) is 13.0 Å². The molecule has 1 aromatic rings. The summed E-state index contributed by atoms with van der Waals surface area (Å²) in [6, 6.07) is 1.89. The number of Topliss-reactive ketones (excluding diaryl/α,β-unsaturated/α-hetero) is 1. The van der Waals surface area contributed by atoms with Gasteiger partial charge in [-0.15, -0.1) is 0 Å². The Bertz CT molecular complexity index is 789. The molecule has 3 heterocycles. The molecule has 1 aromatic heterocycles. The van der Waals surface area contributed by atoms with Crippen molar-refractivity contribution < 1.29 is 13.2 Å². The van der Waals surface area contributed by atoms with Gasteiger partial charge in [-0.1, -0.05) is 11.6 Å². The predicted octanol–water partition coefficient (Wildman–Crippen LogP) is 2.30. The van der Waals surface area contributed by atoms with Crippen LogP contribution in [0.5, 0.6) is 0 Å². The van der Waals surface area contributed by atoms with Gasteiger partial charge >= 0.3 is 0 Å². The molecule has 3 rings (SSSR count). The van der Waals surface area contributed by atoms with E-state index in [1.165, 1.54) is 5.57 Å². The van der Waals surface area contributed by atoms with Crippen LogP contribution in [0.4, 0.5) is 0 Å². The molecule has 0 aromatic carbocycles. The van der Waals surface area contributed by atoms with Crippen molar-refractivity contribution in [2.75, 3.05) is 31.1 Å². The summed E-state index contributed by atoms with van der Waals surface area (Å²) in [5.41, 5.74) is 4.01. The molecule has 0 radical (unpaired) electrons. The molecule has 2 aliphatic rings. The predicted molar refractivity (Wildman–Crippen MR) is 95.4 cm³/mol. The summed E-state index contributed by atoms with van der Waals surface area (Å²) in [5, 5.41) is 0. The zero-order valence-corrected chi connectivity index (χ0v) is 15.5. The first-order chi connectivity index (χ1) is 11.3. The number of carbonyl (C=O) groups excluding carboxylic acids is 1. The van der Waals surface area contributed by atoms with Gasteiger partial charge in [0.15, 0.2) is 15.6 Å². The average Bonchev–Trinajstić information content (AvgIpc) is 3.00. The first kappa shape index (κ1) is 17.4. The largest absolute Gasteiger partial charge is 0.344 e. The average molecular weight is 350 g/mol. The highest BCUT2D eigenvalue weighted by Crippen LogP contribution is 2.29. The van der Waals surface area contributed by atoms with E-state index in [1.54, 1.807) is 0 Å². The van der Waals surface area contributed by atoms with Crippen molar-refractivity contribution in [2.24, 2.45) is 0 Å². The number of ketones is 1. The summed E-state index contributed by atoms with van der Waals surface area (Å²) < 4.78 is 25.6. The van der Waals surface area contributed by atoms with E-state index in [9.17, 15) is 13.2 Å². The van der Waals surface area contributed by atoms with E-state index < -0.39 is 9.84 Å². The van der Waals surface area contributed by atoms with E-state index in [0.717, 1.165) is 36.5 Å². The lowest BCUT2D eigenvalue weighted by Crippen LogP contribution is -2.33. The van der Waals surface area contributed by atoms with Crippen LogP contribution in [0.1, 0.15) is 47.6 Å². The monoisotopic (exact) mass is 350 g/mol. The van der Waals surface area contributed by atoms with Gasteiger partial charge in [0, 0.05) is 36.1 Å². The molecule has 1 fully saturated rings. The van der Waals surface area contributed by atoms with E-state index in [-0.39, 0.29) is 23.3 Å². The third-order valence-corrected chi connectivity index (χ3v) is 7.00. The van der Waals surface area contributed by atoms with Crippen LogP contribution < -0.4 is 0 Å². The van der Waals surface area contributed by atoms with E-state index in [1.807, 2.05) is 19.9 Å². The Labute approximate surface area is 144 Å². The van der Waals surface area contributed by atoms with Gasteiger partial charge in [0.05, 0.1) is 18.1 Å². The van der Waals surface area contributed by atoms with Gasteiger partial charge in [-0.3, -0.25) is 9.69 Å². The Kier molecular flexibility index (Phi) is 4.71. The minimum Gasteiger partial charge on any atom is -0.344 e. The van der Waals surface area contributed by atoms with Crippen molar-refractivity contribution in [3.8, 4) is 0 Å². The fourth-order valence-electron chi connectivity index (χ4n) is 3.84. The Morgan fingerprint density at radius 3 is 2.62 bits per heavy atom. The van der Waals surface area contributed by atoms with Crippen molar-refractivity contribution in [1.82, 2.24) is 9.47 Å². The molecule has 0 aliphatic carbocycles. The van der Waals surface area contributed by atoms with E-state index in [2.05, 4.69) is 22.5 Å². The molecule has 0 saturated carbocycles. The van der Waals surface area contributed by atoms with Crippen molar-refractivity contribution in [1.29, 1.82) is 0 Å². The molecule has 1 saturated heterocycles. The summed E-state index contributed by atoms with van der Waals surface area (Å²) in [6.45, 7) is 8.21. The maximum atomic E-state index is 12.7. The second-order valence-corrected chi connectivity index (χ2v) is 9.40. The molecule has 1 atom stereocenters. The van der Waals surface area contributed by atoms with Gasteiger partial charge in [-0.25, -0.2) is 8.42 Å². The number of hydrogen-bond donors (Lipinski definition) is 0. The number of aromatic nitrogens is 1. The SMILES string of the molecule is CC1=CCN(CC(=O)c2cc(C)n([C@@H]3CCS(=O)(=O)C3)c2C)CC1. The van der Waals surface area contributed by atoms with Gasteiger partial charge in [0.1, 0.15) is 0 Å². The second kappa shape index (κ2) is 6.48. The molecule has 24 heavy (non-hydrogen) atoms. The maximum absolute atomic E-state index is 12.7. The summed E-state index contributed by atoms with van der Waals surface area (Å²) in [4.78, 5) is 14.9. The topological polar surface area (TPSA) is 59.4 Å². The van der Waals surface area contributed by atoms with Crippen molar-refractivity contribution >= 4 is 15.6 Å². The standard InChI is InChI=1S/C18H26N2O3S/c1-13-4-7-19(8-5-13)11-18(21)17-10-14(2)20(15(17)3)16-6-9-24(22,23)12-16/h4,10,16H,5-9,11-12H2,1-3H3/t16-/m1/s1. The van der Waals surface area contributed by atoms with Crippen LogP contribution in [0.3, 0.4) is 0 Å². The number of carbonyl (C=O) groups is 1. The third-order valence-electron chi connectivity index (χ3n) is 5.25. The first-order valence-corrected chi connectivity index (χ1v) is 10.4. The minimum atomic E-state index is -2.94. The minimum absolute atomic E-state index is 0.0304. The molecule has 0 N–H and O–H groups in total. The summed E-state index contributed by atoms with van der Waals surface area (Å²) in [6.07, 6.45) is 3.85. The van der Waals surface area contributed by atoms with Gasteiger partial charge in [-0.2, -0.15) is 0 Å². The third kappa shape index (κ3) is 3.49. The zero-order valence-electron chi connectivity index (χ0n) is 14.7. The Balaban J connectivity index is 1.77. The molecule has 2 aliphatic heterocycles. The molecule has 0 bridgehead atoms. The maximum Gasteiger partial charge on any atom is 0.178 e. The van der Waals surface area contributed by atoms with Gasteiger partial charge in [0.25, 0.3) is 0 Å². The Morgan fingerprint density at radius 2 is 2.04 bits per heavy atom. The lowest BCUT2D eigenvalue weighted by atomic mass is 10.1. The molecule has 5 nitrogen and oxygen atoms in total. The zero-order chi connectivity index (χ0) is 17.5. The molecule has 0 amide bonds. The molecular formula is C18H26N2O3S. The number of aryl methyl sites for hydroxylation is 1. The van der Waals surface area contributed by atoms with Crippen LogP contribution in [-0.4, -0.2) is 54.8 Å². The Hall–Kier alpha value is -1.40. The molecule has 0 unspecified atom stereocenters. The number of rotatable bonds is 4. The smallest absolute Gasteiger partial charge is 0.178 e. The highest BCUT2D eigenvalue weighted by Gasteiger charge is 2.31. The highest BCUT2D eigenvalue weighted by atomic mass is 32.2. The summed E-state index contributed by atoms with van der Waals surface area (Å²) in [5.74, 6) is 0.563. The summed E-state index contributed by atoms with van der Waals surface area (Å²) in [7, 11) is -2.94. The number of nitrogens with zero attached hydrogens (tertiary/aromatic N) is 2. The van der Waals surface area contributed by atoms with Gasteiger partial charge in [-0.05, 0) is 39.7 Å². The Morgan fingerprint density at radius 1 is 1.29 bits per heavy atom. The van der Waals surface area contributed by atoms with Crippen LogP contribution in [0.15, 0.2) is 17.7 Å². The van der Waals surface area contributed by atoms with Crippen LogP contribution in [0, 0.1) is 13.8 Å². The quantitative estimate of drug-likeness (QED) is 0.617. The van der Waals surface area contributed by atoms with Crippen molar-refractivity contribution in [2.45, 2.75) is 39.7 Å². The number of sulfone groups is 1. The lowest BCUT2D eigenvalue weighted by Gasteiger charge is -2.24. The van der Waals surface area contributed by atoms with Gasteiger partial charge < -0.3 is 4.57 Å². The van der Waals surface area contributed by atoms with Crippen molar-refractivity contribution in [3.05, 3.63) is 34.7 Å². The molecule has 132 valence electrons. The fourth-order valence-corrected chi connectivity index (χ4v) is 5.54. The van der Waals surface area contributed by atoms with Crippen LogP contribution in [0.2, 0.25) is 0 Å². The molecule has 0 spiro atoms. The highest BCUT2D eigenvalue weighted by molar-refractivity contribution is 7.91. The molecular weight excluding hydrogens is 324 g/mol. The van der Waals surface area contributed by atoms with Gasteiger partial charge in [0.2, 0.25) is 0 Å². The van der Waals surface area contributed by atoms with Crippen molar-refractivity contribution in [3.63, 3.8) is 0 Å². The first-order valence-electron chi connectivity index (χ1n) is 8.57. The van der Waals surface area contributed by atoms with E-state index in [4.69, 9.17) is 0 Å².